The minimum absolute atomic E-state index is 0.00544. The Bertz CT molecular complexity index is 632. The molecule has 1 aromatic carbocycles. The Morgan fingerprint density at radius 2 is 2.25 bits per heavy atom. The van der Waals surface area contributed by atoms with Gasteiger partial charge in [0.1, 0.15) is 5.76 Å². The summed E-state index contributed by atoms with van der Waals surface area (Å²) in [6.45, 7) is 3.38. The fourth-order valence-corrected chi connectivity index (χ4v) is 2.18. The molecule has 0 saturated carbocycles. The highest BCUT2D eigenvalue weighted by atomic mass is 35.5. The molecule has 1 atom stereocenters. The van der Waals surface area contributed by atoms with E-state index in [4.69, 9.17) is 16.3 Å². The molecule has 1 N–H and O–H groups in total. The van der Waals surface area contributed by atoms with Crippen molar-refractivity contribution in [2.75, 3.05) is 0 Å². The summed E-state index contributed by atoms with van der Waals surface area (Å²) in [5.74, 6) is 0.480. The second kappa shape index (κ2) is 5.92. The highest BCUT2D eigenvalue weighted by Crippen LogP contribution is 2.25. The lowest BCUT2D eigenvalue weighted by Gasteiger charge is -2.22. The largest absolute Gasteiger partial charge is 0.507 e. The number of allylic oxidation sites excluding steroid dienone is 2. The van der Waals surface area contributed by atoms with E-state index in [0.717, 1.165) is 0 Å². The highest BCUT2D eigenvalue weighted by molar-refractivity contribution is 6.30. The van der Waals surface area contributed by atoms with Crippen molar-refractivity contribution in [1.29, 1.82) is 0 Å². The van der Waals surface area contributed by atoms with Gasteiger partial charge in [-0.05, 0) is 32.0 Å². The van der Waals surface area contributed by atoms with Crippen molar-refractivity contribution in [3.05, 3.63) is 52.5 Å². The van der Waals surface area contributed by atoms with Gasteiger partial charge in [-0.2, -0.15) is 0 Å². The number of ether oxygens (including phenoxy) is 1. The summed E-state index contributed by atoms with van der Waals surface area (Å²) >= 11 is 5.90. The molecular weight excluding hydrogens is 278 g/mol. The van der Waals surface area contributed by atoms with Crippen molar-refractivity contribution in [2.24, 2.45) is 4.99 Å². The van der Waals surface area contributed by atoms with Crippen molar-refractivity contribution >= 4 is 29.3 Å². The van der Waals surface area contributed by atoms with Crippen LogP contribution in [0.25, 0.3) is 0 Å². The van der Waals surface area contributed by atoms with E-state index < -0.39 is 6.10 Å². The van der Waals surface area contributed by atoms with Crippen molar-refractivity contribution in [3.8, 4) is 0 Å². The molecule has 0 saturated heterocycles. The minimum atomic E-state index is -0.845. The molecule has 4 nitrogen and oxygen atoms in total. The molecule has 1 heterocycles. The Balaban J connectivity index is 2.42. The Kier molecular flexibility index (Phi) is 4.25. The summed E-state index contributed by atoms with van der Waals surface area (Å²) in [5.41, 5.74) is 1.52. The molecule has 0 spiro atoms. The molecular formula is C15H14ClNO3. The van der Waals surface area contributed by atoms with E-state index in [1.165, 1.54) is 6.08 Å². The van der Waals surface area contributed by atoms with E-state index in [-0.39, 0.29) is 5.76 Å². The Morgan fingerprint density at radius 3 is 2.90 bits per heavy atom. The second-order valence-corrected chi connectivity index (χ2v) is 4.84. The maximum Gasteiger partial charge on any atom is 0.183 e. The second-order valence-electron chi connectivity index (χ2n) is 4.41. The maximum absolute atomic E-state index is 11.1. The smallest absolute Gasteiger partial charge is 0.183 e. The van der Waals surface area contributed by atoms with Crippen LogP contribution in [0.2, 0.25) is 5.02 Å². The van der Waals surface area contributed by atoms with Crippen LogP contribution < -0.4 is 0 Å². The normalized spacial score (nSPS) is 19.4. The van der Waals surface area contributed by atoms with Gasteiger partial charge in [0.25, 0.3) is 0 Å². The molecule has 0 aliphatic carbocycles. The number of nitrogens with zero attached hydrogens (tertiary/aromatic N) is 1. The fraction of sp³-hybridized carbons (Fsp3) is 0.200. The van der Waals surface area contributed by atoms with Crippen LogP contribution in [0.4, 0.5) is 5.69 Å². The number of benzene rings is 1. The summed E-state index contributed by atoms with van der Waals surface area (Å²) in [5, 5.41) is 10.6. The predicted molar refractivity (Wildman–Crippen MR) is 78.6 cm³/mol. The van der Waals surface area contributed by atoms with Gasteiger partial charge in [0.05, 0.1) is 17.0 Å². The van der Waals surface area contributed by atoms with Gasteiger partial charge in [-0.25, -0.2) is 0 Å². The number of aliphatic hydroxyl groups is 1. The third kappa shape index (κ3) is 3.08. The summed E-state index contributed by atoms with van der Waals surface area (Å²) in [7, 11) is 0. The van der Waals surface area contributed by atoms with Crippen molar-refractivity contribution in [3.63, 3.8) is 0 Å². The molecule has 0 aromatic heterocycles. The van der Waals surface area contributed by atoms with E-state index in [0.29, 0.717) is 34.0 Å². The number of halogens is 1. The third-order valence-corrected chi connectivity index (χ3v) is 3.07. The molecule has 1 aliphatic heterocycles. The number of aliphatic hydroxyl groups excluding tert-OH is 1. The van der Waals surface area contributed by atoms with Crippen LogP contribution in [0, 0.1) is 0 Å². The first-order valence-corrected chi connectivity index (χ1v) is 6.43. The quantitative estimate of drug-likeness (QED) is 0.681. The molecule has 1 unspecified atom stereocenters. The van der Waals surface area contributed by atoms with E-state index in [2.05, 4.69) is 4.99 Å². The van der Waals surface area contributed by atoms with E-state index >= 15 is 0 Å². The number of carbonyl (C=O) groups excluding carboxylic acids is 1. The van der Waals surface area contributed by atoms with E-state index in [1.54, 1.807) is 38.1 Å². The number of aldehydes is 1. The number of rotatable bonds is 3. The lowest BCUT2D eigenvalue weighted by molar-refractivity contribution is -0.114. The van der Waals surface area contributed by atoms with Gasteiger partial charge in [-0.15, -0.1) is 0 Å². The minimum Gasteiger partial charge on any atom is -0.507 e. The van der Waals surface area contributed by atoms with Crippen LogP contribution in [0.15, 0.2) is 52.4 Å². The monoisotopic (exact) mass is 291 g/mol. The van der Waals surface area contributed by atoms with Gasteiger partial charge in [-0.1, -0.05) is 17.7 Å². The third-order valence-electron chi connectivity index (χ3n) is 2.83. The molecule has 2 rings (SSSR count). The van der Waals surface area contributed by atoms with Crippen molar-refractivity contribution in [1.82, 2.24) is 0 Å². The van der Waals surface area contributed by atoms with Crippen LogP contribution in [0.5, 0.6) is 0 Å². The number of hydrogen-bond donors (Lipinski definition) is 1. The lowest BCUT2D eigenvalue weighted by atomic mass is 10.0. The van der Waals surface area contributed by atoms with Crippen molar-refractivity contribution < 1.29 is 14.6 Å². The summed E-state index contributed by atoms with van der Waals surface area (Å²) < 4.78 is 5.37. The van der Waals surface area contributed by atoms with Crippen LogP contribution in [-0.4, -0.2) is 23.2 Å². The van der Waals surface area contributed by atoms with Gasteiger partial charge in [0.15, 0.2) is 12.4 Å². The van der Waals surface area contributed by atoms with Gasteiger partial charge >= 0.3 is 0 Å². The standard InChI is InChI=1S/C15H14ClNO3/c1-9-6-13(19)15(14(8-18)20-9)10(2)17-12-5-3-4-11(16)7-12/h3-8,14,19H,1-2H3. The number of hydrogen-bond acceptors (Lipinski definition) is 4. The maximum atomic E-state index is 11.1. The zero-order chi connectivity index (χ0) is 14.7. The Hall–Kier alpha value is -2.07. The number of carbonyl (C=O) groups is 1. The molecule has 20 heavy (non-hydrogen) atoms. The molecule has 0 amide bonds. The average Bonchev–Trinajstić information content (AvgIpc) is 2.37. The molecule has 0 radical (unpaired) electrons. The lowest BCUT2D eigenvalue weighted by Crippen LogP contribution is -2.25. The molecule has 1 aliphatic rings. The van der Waals surface area contributed by atoms with Gasteiger partial charge in [-0.3, -0.25) is 9.79 Å². The molecule has 0 fully saturated rings. The zero-order valence-corrected chi connectivity index (χ0v) is 11.9. The van der Waals surface area contributed by atoms with E-state index in [9.17, 15) is 9.90 Å². The summed E-state index contributed by atoms with van der Waals surface area (Å²) in [6, 6.07) is 7.01. The van der Waals surface area contributed by atoms with Gasteiger partial charge < -0.3 is 9.84 Å². The van der Waals surface area contributed by atoms with Crippen LogP contribution >= 0.6 is 11.6 Å². The van der Waals surface area contributed by atoms with Gasteiger partial charge in [0, 0.05) is 16.8 Å². The first-order valence-electron chi connectivity index (χ1n) is 6.06. The fourth-order valence-electron chi connectivity index (χ4n) is 2.00. The Labute approximate surface area is 122 Å². The van der Waals surface area contributed by atoms with Crippen LogP contribution in [0.3, 0.4) is 0 Å². The molecule has 1 aromatic rings. The Morgan fingerprint density at radius 1 is 1.50 bits per heavy atom. The SMILES string of the molecule is CC1=CC(O)=C(C(C)=Nc2cccc(Cl)c2)C(C=O)O1. The molecule has 0 bridgehead atoms. The number of aliphatic imine (C=N–C) groups is 1. The first-order chi connectivity index (χ1) is 9.51. The summed E-state index contributed by atoms with van der Waals surface area (Å²) in [4.78, 5) is 15.5. The van der Waals surface area contributed by atoms with Crippen molar-refractivity contribution in [2.45, 2.75) is 20.0 Å². The summed E-state index contributed by atoms with van der Waals surface area (Å²) in [6.07, 6.45) is 1.26. The molecule has 5 heteroatoms. The topological polar surface area (TPSA) is 58.9 Å². The van der Waals surface area contributed by atoms with Gasteiger partial charge in [0.2, 0.25) is 0 Å². The predicted octanol–water partition coefficient (Wildman–Crippen LogP) is 3.75. The van der Waals surface area contributed by atoms with Crippen LogP contribution in [-0.2, 0) is 9.53 Å². The van der Waals surface area contributed by atoms with E-state index in [1.807, 2.05) is 0 Å². The average molecular weight is 292 g/mol. The highest BCUT2D eigenvalue weighted by Gasteiger charge is 2.25. The van der Waals surface area contributed by atoms with Crippen LogP contribution in [0.1, 0.15) is 13.8 Å². The molecule has 104 valence electrons. The zero-order valence-electron chi connectivity index (χ0n) is 11.1. The first kappa shape index (κ1) is 14.3.